The molecule has 3 amide bonds. The summed E-state index contributed by atoms with van der Waals surface area (Å²) >= 11 is 0. The van der Waals surface area contributed by atoms with Gasteiger partial charge < -0.3 is 41.7 Å². The Hall–Kier alpha value is -3.26. The smallest absolute Gasteiger partial charge is 0.326 e. The molecule has 0 aromatic heterocycles. The summed E-state index contributed by atoms with van der Waals surface area (Å²) in [5, 5.41) is 40.2. The minimum absolute atomic E-state index is 0.0574. The second kappa shape index (κ2) is 11.8. The first kappa shape index (κ1) is 25.8. The van der Waals surface area contributed by atoms with E-state index in [1.54, 1.807) is 0 Å². The number of nitrogens with one attached hydrogen (secondary N) is 2. The molecule has 14 heteroatoms. The molecular weight excluding hydrogens is 420 g/mol. The van der Waals surface area contributed by atoms with Gasteiger partial charge in [-0.2, -0.15) is 0 Å². The van der Waals surface area contributed by atoms with E-state index < -0.39 is 79.2 Å². The Kier molecular flexibility index (Phi) is 9.82. The Morgan fingerprint density at radius 3 is 2.16 bits per heavy atom. The van der Waals surface area contributed by atoms with Gasteiger partial charge in [-0.05, 0) is 19.3 Å². The van der Waals surface area contributed by atoms with E-state index in [9.17, 15) is 33.9 Å². The van der Waals surface area contributed by atoms with Gasteiger partial charge in [0.15, 0.2) is 0 Å². The Labute approximate surface area is 176 Å². The number of aliphatic carboxylic acids is 3. The molecule has 4 unspecified atom stereocenters. The van der Waals surface area contributed by atoms with Crippen LogP contribution in [0.25, 0.3) is 0 Å². The van der Waals surface area contributed by atoms with Crippen LogP contribution in [-0.4, -0.2) is 98.3 Å². The summed E-state index contributed by atoms with van der Waals surface area (Å²) in [5.41, 5.74) is 5.36. The fraction of sp³-hybridized carbons (Fsp3) is 0.647. The van der Waals surface area contributed by atoms with E-state index in [4.69, 9.17) is 21.1 Å². The molecule has 0 saturated carbocycles. The highest BCUT2D eigenvalue weighted by Crippen LogP contribution is 2.20. The van der Waals surface area contributed by atoms with Crippen molar-refractivity contribution in [1.29, 1.82) is 0 Å². The van der Waals surface area contributed by atoms with Crippen LogP contribution in [0.15, 0.2) is 0 Å². The number of hydrogen-bond donors (Lipinski definition) is 7. The van der Waals surface area contributed by atoms with E-state index in [2.05, 4.69) is 10.6 Å². The maximum absolute atomic E-state index is 12.8. The van der Waals surface area contributed by atoms with Gasteiger partial charge in [0.25, 0.3) is 0 Å². The van der Waals surface area contributed by atoms with Crippen molar-refractivity contribution in [3.05, 3.63) is 0 Å². The number of carboxylic acid groups (broad SMARTS) is 3. The molecule has 0 aromatic carbocycles. The standard InChI is InChI=1S/C17H26N4O10/c18-8(7-22)14(27)20-10(6-13(25)26)16(29)21-5-1-2-11(21)15(28)19-9(17(30)31)3-4-12(23)24/h8-11,22H,1-7,18H2,(H,19,28)(H,20,27)(H,23,24)(H,25,26)(H,30,31). The second-order valence-corrected chi connectivity index (χ2v) is 6.97. The first-order valence-corrected chi connectivity index (χ1v) is 9.42. The third-order valence-corrected chi connectivity index (χ3v) is 4.63. The lowest BCUT2D eigenvalue weighted by molar-refractivity contribution is -0.147. The lowest BCUT2D eigenvalue weighted by atomic mass is 10.1. The molecule has 4 atom stereocenters. The molecular formula is C17H26N4O10. The zero-order chi connectivity index (χ0) is 23.7. The summed E-state index contributed by atoms with van der Waals surface area (Å²) in [4.78, 5) is 71.4. The summed E-state index contributed by atoms with van der Waals surface area (Å²) in [6.45, 7) is -0.677. The highest BCUT2D eigenvalue weighted by molar-refractivity contribution is 5.96. The highest BCUT2D eigenvalue weighted by Gasteiger charge is 2.39. The largest absolute Gasteiger partial charge is 0.481 e. The predicted octanol–water partition coefficient (Wildman–Crippen LogP) is -3.31. The maximum Gasteiger partial charge on any atom is 0.326 e. The molecule has 0 aromatic rings. The van der Waals surface area contributed by atoms with Gasteiger partial charge in [0.1, 0.15) is 24.2 Å². The van der Waals surface area contributed by atoms with Crippen LogP contribution in [0.2, 0.25) is 0 Å². The number of likely N-dealkylation sites (tertiary alicyclic amines) is 1. The van der Waals surface area contributed by atoms with Crippen molar-refractivity contribution < 1.29 is 49.2 Å². The number of amides is 3. The normalized spacial score (nSPS) is 18.5. The molecule has 0 aliphatic carbocycles. The van der Waals surface area contributed by atoms with E-state index in [-0.39, 0.29) is 19.4 Å². The molecule has 174 valence electrons. The van der Waals surface area contributed by atoms with E-state index >= 15 is 0 Å². The number of nitrogens with two attached hydrogens (primary N) is 1. The number of rotatable bonds is 12. The Bertz CT molecular complexity index is 728. The molecule has 1 rings (SSSR count). The van der Waals surface area contributed by atoms with Crippen LogP contribution in [0.3, 0.4) is 0 Å². The number of nitrogens with zero attached hydrogens (tertiary/aromatic N) is 1. The molecule has 1 saturated heterocycles. The van der Waals surface area contributed by atoms with E-state index in [1.807, 2.05) is 0 Å². The topological polar surface area (TPSA) is 237 Å². The van der Waals surface area contributed by atoms with Gasteiger partial charge in [-0.25, -0.2) is 4.79 Å². The molecule has 8 N–H and O–H groups in total. The van der Waals surface area contributed by atoms with Crippen LogP contribution in [0.5, 0.6) is 0 Å². The number of aliphatic hydroxyl groups excluding tert-OH is 1. The molecule has 0 bridgehead atoms. The SMILES string of the molecule is NC(CO)C(=O)NC(CC(=O)O)C(=O)N1CCCC1C(=O)NC(CCC(=O)O)C(=O)O. The summed E-state index contributed by atoms with van der Waals surface area (Å²) in [7, 11) is 0. The van der Waals surface area contributed by atoms with Gasteiger partial charge in [-0.3, -0.25) is 24.0 Å². The maximum atomic E-state index is 12.8. The Balaban J connectivity index is 2.94. The van der Waals surface area contributed by atoms with Crippen LogP contribution >= 0.6 is 0 Å². The Morgan fingerprint density at radius 1 is 1.00 bits per heavy atom. The molecule has 0 radical (unpaired) electrons. The van der Waals surface area contributed by atoms with E-state index in [0.29, 0.717) is 6.42 Å². The fourth-order valence-electron chi connectivity index (χ4n) is 3.03. The van der Waals surface area contributed by atoms with Gasteiger partial charge in [0.05, 0.1) is 13.0 Å². The van der Waals surface area contributed by atoms with Gasteiger partial charge in [-0.1, -0.05) is 0 Å². The minimum Gasteiger partial charge on any atom is -0.481 e. The quantitative estimate of drug-likeness (QED) is 0.157. The molecule has 1 heterocycles. The van der Waals surface area contributed by atoms with Crippen molar-refractivity contribution >= 4 is 35.6 Å². The average Bonchev–Trinajstić information content (AvgIpc) is 3.18. The van der Waals surface area contributed by atoms with Crippen molar-refractivity contribution in [2.45, 2.75) is 56.3 Å². The van der Waals surface area contributed by atoms with Crippen molar-refractivity contribution in [2.24, 2.45) is 5.73 Å². The molecule has 1 aliphatic heterocycles. The van der Waals surface area contributed by atoms with Crippen LogP contribution in [-0.2, 0) is 28.8 Å². The summed E-state index contributed by atoms with van der Waals surface area (Å²) in [6, 6.07) is -5.55. The zero-order valence-corrected chi connectivity index (χ0v) is 16.5. The zero-order valence-electron chi connectivity index (χ0n) is 16.5. The Morgan fingerprint density at radius 2 is 1.65 bits per heavy atom. The average molecular weight is 446 g/mol. The number of aliphatic hydroxyl groups is 1. The number of carbonyl (C=O) groups is 6. The van der Waals surface area contributed by atoms with Crippen LogP contribution < -0.4 is 16.4 Å². The monoisotopic (exact) mass is 446 g/mol. The highest BCUT2D eigenvalue weighted by atomic mass is 16.4. The van der Waals surface area contributed by atoms with Crippen LogP contribution in [0, 0.1) is 0 Å². The van der Waals surface area contributed by atoms with Crippen molar-refractivity contribution in [3.63, 3.8) is 0 Å². The van der Waals surface area contributed by atoms with Crippen LogP contribution in [0.4, 0.5) is 0 Å². The molecule has 14 nitrogen and oxygen atoms in total. The van der Waals surface area contributed by atoms with Gasteiger partial charge in [0.2, 0.25) is 17.7 Å². The minimum atomic E-state index is -1.56. The van der Waals surface area contributed by atoms with Gasteiger partial charge >= 0.3 is 17.9 Å². The predicted molar refractivity (Wildman–Crippen MR) is 100 cm³/mol. The molecule has 31 heavy (non-hydrogen) atoms. The van der Waals surface area contributed by atoms with E-state index in [0.717, 1.165) is 4.90 Å². The van der Waals surface area contributed by atoms with Crippen molar-refractivity contribution in [2.75, 3.05) is 13.2 Å². The fourth-order valence-corrected chi connectivity index (χ4v) is 3.03. The summed E-state index contributed by atoms with van der Waals surface area (Å²) in [6.07, 6.45) is -1.15. The summed E-state index contributed by atoms with van der Waals surface area (Å²) in [5.74, 6) is -6.77. The van der Waals surface area contributed by atoms with Crippen molar-refractivity contribution in [1.82, 2.24) is 15.5 Å². The second-order valence-electron chi connectivity index (χ2n) is 6.97. The lowest BCUT2D eigenvalue weighted by Gasteiger charge is -2.29. The van der Waals surface area contributed by atoms with Crippen LogP contribution in [0.1, 0.15) is 32.1 Å². The van der Waals surface area contributed by atoms with Gasteiger partial charge in [-0.15, -0.1) is 0 Å². The third kappa shape index (κ3) is 7.82. The molecule has 1 fully saturated rings. The van der Waals surface area contributed by atoms with Crippen molar-refractivity contribution in [3.8, 4) is 0 Å². The lowest BCUT2D eigenvalue weighted by Crippen LogP contribution is -2.57. The first-order valence-electron chi connectivity index (χ1n) is 9.42. The number of carboxylic acids is 3. The van der Waals surface area contributed by atoms with Gasteiger partial charge in [0, 0.05) is 13.0 Å². The summed E-state index contributed by atoms with van der Waals surface area (Å²) < 4.78 is 0. The van der Waals surface area contributed by atoms with E-state index in [1.165, 1.54) is 0 Å². The first-order chi connectivity index (χ1) is 14.5. The number of carbonyl (C=O) groups excluding carboxylic acids is 3. The molecule has 0 spiro atoms. The number of hydrogen-bond acceptors (Lipinski definition) is 8. The molecule has 1 aliphatic rings. The third-order valence-electron chi connectivity index (χ3n) is 4.63.